The Hall–Kier alpha value is -1.42. The molecule has 2 N–H and O–H groups in total. The molecular weight excluding hydrogens is 240 g/mol. The lowest BCUT2D eigenvalue weighted by Gasteiger charge is -2.12. The highest BCUT2D eigenvalue weighted by Gasteiger charge is 2.12. The van der Waals surface area contributed by atoms with Crippen LogP contribution in [0.5, 0.6) is 5.75 Å². The van der Waals surface area contributed by atoms with Gasteiger partial charge in [-0.1, -0.05) is 0 Å². The highest BCUT2D eigenvalue weighted by atomic mass is 16.5. The Morgan fingerprint density at radius 1 is 1.47 bits per heavy atom. The van der Waals surface area contributed by atoms with Gasteiger partial charge in [-0.15, -0.1) is 0 Å². The summed E-state index contributed by atoms with van der Waals surface area (Å²) in [6.07, 6.45) is 4.44. The molecule has 1 aromatic heterocycles. The molecule has 0 radical (unpaired) electrons. The zero-order chi connectivity index (χ0) is 14.4. The number of carbonyl (C=O) groups is 1. The first-order valence-electron chi connectivity index (χ1n) is 6.72. The molecule has 0 aromatic carbocycles. The van der Waals surface area contributed by atoms with Crippen LogP contribution < -0.4 is 10.5 Å². The summed E-state index contributed by atoms with van der Waals surface area (Å²) in [4.78, 5) is 16.3. The van der Waals surface area contributed by atoms with Crippen molar-refractivity contribution in [1.82, 2.24) is 4.98 Å². The first-order chi connectivity index (χ1) is 8.95. The summed E-state index contributed by atoms with van der Waals surface area (Å²) < 4.78 is 5.34. The first-order valence-corrected chi connectivity index (χ1v) is 6.72. The summed E-state index contributed by atoms with van der Waals surface area (Å²) in [6, 6.07) is 0.159. The fraction of sp³-hybridized carbons (Fsp3) is 0.600. The molecule has 0 aliphatic heterocycles. The van der Waals surface area contributed by atoms with Crippen LogP contribution in [0.4, 0.5) is 0 Å². The maximum absolute atomic E-state index is 11.9. The van der Waals surface area contributed by atoms with Gasteiger partial charge in [0.05, 0.1) is 12.8 Å². The number of ether oxygens (including phenoxy) is 1. The average Bonchev–Trinajstić information content (AvgIpc) is 2.33. The van der Waals surface area contributed by atoms with Crippen molar-refractivity contribution in [2.24, 2.45) is 5.73 Å². The van der Waals surface area contributed by atoms with E-state index in [2.05, 4.69) is 4.98 Å². The van der Waals surface area contributed by atoms with Crippen molar-refractivity contribution in [3.63, 3.8) is 0 Å². The van der Waals surface area contributed by atoms with Crippen LogP contribution in [0.1, 0.15) is 43.0 Å². The molecule has 1 heterocycles. The van der Waals surface area contributed by atoms with E-state index < -0.39 is 0 Å². The third kappa shape index (κ3) is 4.63. The Kier molecular flexibility index (Phi) is 5.96. The minimum absolute atomic E-state index is 0.159. The number of ketones is 1. The summed E-state index contributed by atoms with van der Waals surface area (Å²) in [5.41, 5.74) is 8.44. The number of nitrogens with zero attached hydrogens (tertiary/aromatic N) is 1. The second-order valence-corrected chi connectivity index (χ2v) is 5.13. The number of rotatable bonds is 7. The van der Waals surface area contributed by atoms with Gasteiger partial charge < -0.3 is 10.5 Å². The topological polar surface area (TPSA) is 65.2 Å². The lowest BCUT2D eigenvalue weighted by molar-refractivity contribution is -0.118. The number of methoxy groups -OCH3 is 1. The van der Waals surface area contributed by atoms with Gasteiger partial charge in [-0.3, -0.25) is 9.78 Å². The molecule has 1 unspecified atom stereocenters. The highest BCUT2D eigenvalue weighted by Crippen LogP contribution is 2.24. The number of Topliss-reactive ketones (excluding diaryl/α,β-unsaturated/α-hetero) is 1. The molecule has 19 heavy (non-hydrogen) atoms. The van der Waals surface area contributed by atoms with E-state index in [1.165, 1.54) is 0 Å². The number of carbonyl (C=O) groups excluding carboxylic acids is 1. The zero-order valence-corrected chi connectivity index (χ0v) is 12.3. The van der Waals surface area contributed by atoms with Crippen molar-refractivity contribution >= 4 is 5.78 Å². The van der Waals surface area contributed by atoms with Crippen molar-refractivity contribution in [2.45, 2.75) is 52.5 Å². The molecule has 0 bridgehead atoms. The molecule has 4 nitrogen and oxygen atoms in total. The normalized spacial score (nSPS) is 12.3. The minimum Gasteiger partial charge on any atom is -0.496 e. The molecule has 0 saturated heterocycles. The Morgan fingerprint density at radius 3 is 2.74 bits per heavy atom. The standard InChI is InChI=1S/C15H24N2O2/c1-10-9-17-14(12(3)15(10)19-4)8-13(18)7-5-6-11(2)16/h9,11H,5-8,16H2,1-4H3. The van der Waals surface area contributed by atoms with E-state index in [0.29, 0.717) is 12.8 Å². The maximum atomic E-state index is 11.9. The molecule has 0 amide bonds. The molecule has 0 saturated carbocycles. The predicted octanol–water partition coefficient (Wildman–Crippen LogP) is 2.34. The number of nitrogens with two attached hydrogens (primary N) is 1. The molecule has 0 aliphatic rings. The fourth-order valence-corrected chi connectivity index (χ4v) is 2.15. The summed E-state index contributed by atoms with van der Waals surface area (Å²) >= 11 is 0. The van der Waals surface area contributed by atoms with Crippen molar-refractivity contribution in [1.29, 1.82) is 0 Å². The number of aryl methyl sites for hydroxylation is 1. The lowest BCUT2D eigenvalue weighted by Crippen LogP contribution is -2.15. The number of hydrogen-bond acceptors (Lipinski definition) is 4. The molecule has 1 aromatic rings. The third-order valence-corrected chi connectivity index (χ3v) is 3.23. The van der Waals surface area contributed by atoms with Crippen molar-refractivity contribution in [3.8, 4) is 5.75 Å². The third-order valence-electron chi connectivity index (χ3n) is 3.23. The van der Waals surface area contributed by atoms with E-state index in [4.69, 9.17) is 10.5 Å². The zero-order valence-electron chi connectivity index (χ0n) is 12.3. The maximum Gasteiger partial charge on any atom is 0.138 e. The van der Waals surface area contributed by atoms with Gasteiger partial charge in [0.2, 0.25) is 0 Å². The van der Waals surface area contributed by atoms with Crippen LogP contribution in [0.3, 0.4) is 0 Å². The quantitative estimate of drug-likeness (QED) is 0.821. The van der Waals surface area contributed by atoms with E-state index in [1.54, 1.807) is 13.3 Å². The van der Waals surface area contributed by atoms with Gasteiger partial charge in [0.1, 0.15) is 11.5 Å². The molecule has 0 spiro atoms. The van der Waals surface area contributed by atoms with Gasteiger partial charge in [-0.2, -0.15) is 0 Å². The molecule has 4 heteroatoms. The molecular formula is C15H24N2O2. The van der Waals surface area contributed by atoms with Gasteiger partial charge in [-0.25, -0.2) is 0 Å². The van der Waals surface area contributed by atoms with E-state index >= 15 is 0 Å². The van der Waals surface area contributed by atoms with E-state index in [-0.39, 0.29) is 11.8 Å². The fourth-order valence-electron chi connectivity index (χ4n) is 2.15. The van der Waals surface area contributed by atoms with Crippen LogP contribution in [0.25, 0.3) is 0 Å². The second kappa shape index (κ2) is 7.24. The molecule has 106 valence electrons. The Labute approximate surface area is 115 Å². The SMILES string of the molecule is COc1c(C)cnc(CC(=O)CCCC(C)N)c1C. The van der Waals surface area contributed by atoms with Gasteiger partial charge in [-0.05, 0) is 33.6 Å². The molecule has 1 rings (SSSR count). The van der Waals surface area contributed by atoms with Gasteiger partial charge >= 0.3 is 0 Å². The van der Waals surface area contributed by atoms with E-state index in [1.807, 2.05) is 20.8 Å². The average molecular weight is 264 g/mol. The van der Waals surface area contributed by atoms with Crippen molar-refractivity contribution in [3.05, 3.63) is 23.0 Å². The van der Waals surface area contributed by atoms with E-state index in [9.17, 15) is 4.79 Å². The lowest BCUT2D eigenvalue weighted by atomic mass is 10.0. The van der Waals surface area contributed by atoms with Crippen LogP contribution in [-0.4, -0.2) is 23.9 Å². The Bertz CT molecular complexity index is 442. The highest BCUT2D eigenvalue weighted by molar-refractivity contribution is 5.80. The van der Waals surface area contributed by atoms with E-state index in [0.717, 1.165) is 35.4 Å². The van der Waals surface area contributed by atoms with Crippen LogP contribution >= 0.6 is 0 Å². The number of aromatic nitrogens is 1. The van der Waals surface area contributed by atoms with Crippen molar-refractivity contribution < 1.29 is 9.53 Å². The van der Waals surface area contributed by atoms with Crippen LogP contribution in [0, 0.1) is 13.8 Å². The number of hydrogen-bond donors (Lipinski definition) is 1. The number of pyridine rings is 1. The van der Waals surface area contributed by atoms with Crippen LogP contribution in [0.2, 0.25) is 0 Å². The summed E-state index contributed by atoms with van der Waals surface area (Å²) in [6.45, 7) is 5.86. The Balaban J connectivity index is 2.64. The molecule has 0 aliphatic carbocycles. The second-order valence-electron chi connectivity index (χ2n) is 5.13. The summed E-state index contributed by atoms with van der Waals surface area (Å²) in [5, 5.41) is 0. The van der Waals surface area contributed by atoms with Gasteiger partial charge in [0.15, 0.2) is 0 Å². The van der Waals surface area contributed by atoms with Crippen LogP contribution in [0.15, 0.2) is 6.20 Å². The molecule has 0 fully saturated rings. The predicted molar refractivity (Wildman–Crippen MR) is 76.5 cm³/mol. The van der Waals surface area contributed by atoms with Gasteiger partial charge in [0, 0.05) is 36.2 Å². The minimum atomic E-state index is 0.159. The van der Waals surface area contributed by atoms with Crippen LogP contribution in [-0.2, 0) is 11.2 Å². The first kappa shape index (κ1) is 15.6. The van der Waals surface area contributed by atoms with Gasteiger partial charge in [0.25, 0.3) is 0 Å². The smallest absolute Gasteiger partial charge is 0.138 e. The summed E-state index contributed by atoms with van der Waals surface area (Å²) in [7, 11) is 1.64. The van der Waals surface area contributed by atoms with Crippen molar-refractivity contribution in [2.75, 3.05) is 7.11 Å². The monoisotopic (exact) mass is 264 g/mol. The Morgan fingerprint density at radius 2 is 2.16 bits per heavy atom. The largest absolute Gasteiger partial charge is 0.496 e. The summed E-state index contributed by atoms with van der Waals surface area (Å²) in [5.74, 6) is 1.04. The molecule has 1 atom stereocenters.